The highest BCUT2D eigenvalue weighted by Crippen LogP contribution is 2.12. The minimum atomic E-state index is -0.717. The normalized spacial score (nSPS) is 12.1. The van der Waals surface area contributed by atoms with Crippen LogP contribution in [0.3, 0.4) is 0 Å². The van der Waals surface area contributed by atoms with E-state index in [4.69, 9.17) is 0 Å². The van der Waals surface area contributed by atoms with Gasteiger partial charge in [-0.2, -0.15) is 9.78 Å². The van der Waals surface area contributed by atoms with E-state index in [2.05, 4.69) is 15.2 Å². The summed E-state index contributed by atoms with van der Waals surface area (Å²) in [6, 6.07) is 6.14. The molecule has 0 bridgehead atoms. The van der Waals surface area contributed by atoms with Gasteiger partial charge in [-0.1, -0.05) is 18.2 Å². The van der Waals surface area contributed by atoms with Crippen LogP contribution in [0.1, 0.15) is 6.92 Å². The van der Waals surface area contributed by atoms with E-state index in [-0.39, 0.29) is 0 Å². The van der Waals surface area contributed by atoms with Crippen molar-refractivity contribution < 1.29 is 14.3 Å². The fourth-order valence-electron chi connectivity index (χ4n) is 1.62. The van der Waals surface area contributed by atoms with E-state index in [9.17, 15) is 9.59 Å². The summed E-state index contributed by atoms with van der Waals surface area (Å²) in [5, 5.41) is 7.36. The van der Waals surface area contributed by atoms with Crippen LogP contribution >= 0.6 is 0 Å². The van der Waals surface area contributed by atoms with Crippen molar-refractivity contribution in [2.45, 2.75) is 13.0 Å². The second kappa shape index (κ2) is 4.87. The van der Waals surface area contributed by atoms with Crippen LogP contribution < -0.4 is 5.32 Å². The fourth-order valence-corrected chi connectivity index (χ4v) is 1.62. The number of nitrogens with zero attached hydrogens (tertiary/aromatic N) is 2. The van der Waals surface area contributed by atoms with E-state index in [1.54, 1.807) is 19.2 Å². The lowest BCUT2D eigenvalue weighted by atomic mass is 10.3. The number of hydrogen-bond donors (Lipinski definition) is 1. The minimum Gasteiger partial charge on any atom is -0.467 e. The van der Waals surface area contributed by atoms with Crippen molar-refractivity contribution in [3.05, 3.63) is 30.5 Å². The maximum absolute atomic E-state index is 11.9. The Bertz CT molecular complexity index is 591. The summed E-state index contributed by atoms with van der Waals surface area (Å²) in [4.78, 5) is 23.1. The predicted molar refractivity (Wildman–Crippen MR) is 65.1 cm³/mol. The molecule has 1 atom stereocenters. The lowest BCUT2D eigenvalue weighted by molar-refractivity contribution is -0.142. The van der Waals surface area contributed by atoms with Gasteiger partial charge in [0.25, 0.3) is 0 Å². The number of carbonyl (C=O) groups is 2. The third-order valence-electron chi connectivity index (χ3n) is 2.56. The Balaban J connectivity index is 2.21. The van der Waals surface area contributed by atoms with E-state index >= 15 is 0 Å². The van der Waals surface area contributed by atoms with Gasteiger partial charge in [0.05, 0.1) is 18.8 Å². The molecule has 0 aliphatic rings. The number of benzene rings is 1. The number of para-hydroxylation sites is 1. The first-order chi connectivity index (χ1) is 8.63. The third kappa shape index (κ3) is 2.17. The van der Waals surface area contributed by atoms with Crippen LogP contribution in [0.2, 0.25) is 0 Å². The quantitative estimate of drug-likeness (QED) is 0.808. The Kier molecular flexibility index (Phi) is 3.27. The van der Waals surface area contributed by atoms with Crippen LogP contribution in [0.25, 0.3) is 10.9 Å². The smallest absolute Gasteiger partial charge is 0.343 e. The molecule has 6 heteroatoms. The zero-order valence-electron chi connectivity index (χ0n) is 10.1. The molecule has 1 heterocycles. The van der Waals surface area contributed by atoms with E-state index in [1.807, 2.05) is 18.2 Å². The highest BCUT2D eigenvalue weighted by Gasteiger charge is 2.18. The molecule has 6 nitrogen and oxygen atoms in total. The molecule has 0 fully saturated rings. The maximum Gasteiger partial charge on any atom is 0.343 e. The van der Waals surface area contributed by atoms with Crippen molar-refractivity contribution in [3.8, 4) is 0 Å². The van der Waals surface area contributed by atoms with Gasteiger partial charge in [0.15, 0.2) is 0 Å². The van der Waals surface area contributed by atoms with Gasteiger partial charge in [0.2, 0.25) is 0 Å². The van der Waals surface area contributed by atoms with Crippen molar-refractivity contribution in [2.75, 3.05) is 7.11 Å². The number of ether oxygens (including phenoxy) is 1. The monoisotopic (exact) mass is 247 g/mol. The molecule has 0 spiro atoms. The van der Waals surface area contributed by atoms with Crippen LogP contribution in [0.5, 0.6) is 0 Å². The van der Waals surface area contributed by atoms with E-state index in [0.29, 0.717) is 5.52 Å². The first-order valence-electron chi connectivity index (χ1n) is 5.45. The third-order valence-corrected chi connectivity index (χ3v) is 2.56. The van der Waals surface area contributed by atoms with Gasteiger partial charge < -0.3 is 10.1 Å². The first kappa shape index (κ1) is 12.1. The molecule has 0 unspecified atom stereocenters. The number of nitrogens with one attached hydrogen (secondary N) is 1. The lowest BCUT2D eigenvalue weighted by Gasteiger charge is -2.11. The number of rotatable bonds is 2. The molecule has 18 heavy (non-hydrogen) atoms. The summed E-state index contributed by atoms with van der Waals surface area (Å²) in [6.07, 6.45) is 1.59. The molecule has 1 amide bonds. The molecule has 0 aliphatic carbocycles. The summed E-state index contributed by atoms with van der Waals surface area (Å²) in [6.45, 7) is 1.55. The van der Waals surface area contributed by atoms with Gasteiger partial charge in [0, 0.05) is 5.39 Å². The maximum atomic E-state index is 11.9. The van der Waals surface area contributed by atoms with Crippen molar-refractivity contribution in [1.29, 1.82) is 0 Å². The van der Waals surface area contributed by atoms with E-state index in [0.717, 1.165) is 5.39 Å². The summed E-state index contributed by atoms with van der Waals surface area (Å²) in [5.41, 5.74) is 0.687. The summed E-state index contributed by atoms with van der Waals surface area (Å²) in [5.74, 6) is -0.500. The molecule has 0 saturated carbocycles. The summed E-state index contributed by atoms with van der Waals surface area (Å²) in [7, 11) is 1.27. The second-order valence-corrected chi connectivity index (χ2v) is 3.81. The molecule has 0 radical (unpaired) electrons. The zero-order valence-corrected chi connectivity index (χ0v) is 10.1. The van der Waals surface area contributed by atoms with Gasteiger partial charge in [-0.15, -0.1) is 0 Å². The highest BCUT2D eigenvalue weighted by molar-refractivity contribution is 5.91. The predicted octanol–water partition coefficient (Wildman–Crippen LogP) is 1.16. The van der Waals surface area contributed by atoms with Crippen LogP contribution in [-0.4, -0.2) is 34.9 Å². The van der Waals surface area contributed by atoms with Gasteiger partial charge in [-0.25, -0.2) is 9.59 Å². The molecule has 0 aliphatic heterocycles. The largest absolute Gasteiger partial charge is 0.467 e. The van der Waals surface area contributed by atoms with Crippen LogP contribution in [0.4, 0.5) is 4.79 Å². The standard InChI is InChI=1S/C12H13N3O3/c1-8(11(16)18-2)14-12(17)15-10-6-4-3-5-9(10)7-13-15/h3-8H,1-2H3,(H,14,17)/t8-/m1/s1. The van der Waals surface area contributed by atoms with Crippen molar-refractivity contribution in [1.82, 2.24) is 15.1 Å². The topological polar surface area (TPSA) is 73.2 Å². The number of fused-ring (bicyclic) bond motifs is 1. The molecular formula is C12H13N3O3. The van der Waals surface area contributed by atoms with E-state index in [1.165, 1.54) is 11.8 Å². The summed E-state index contributed by atoms with van der Waals surface area (Å²) >= 11 is 0. The molecule has 94 valence electrons. The number of amides is 1. The van der Waals surface area contributed by atoms with Crippen LogP contribution in [0, 0.1) is 0 Å². The van der Waals surface area contributed by atoms with Gasteiger partial charge >= 0.3 is 12.0 Å². The average molecular weight is 247 g/mol. The Morgan fingerprint density at radius 3 is 2.83 bits per heavy atom. The Morgan fingerprint density at radius 1 is 1.39 bits per heavy atom. The fraction of sp³-hybridized carbons (Fsp3) is 0.250. The molecule has 1 aromatic carbocycles. The number of esters is 1. The van der Waals surface area contributed by atoms with E-state index < -0.39 is 18.0 Å². The van der Waals surface area contributed by atoms with Crippen molar-refractivity contribution >= 4 is 22.9 Å². The Hall–Kier alpha value is -2.37. The molecule has 0 saturated heterocycles. The van der Waals surface area contributed by atoms with Crippen molar-refractivity contribution in [3.63, 3.8) is 0 Å². The Labute approximate surface area is 104 Å². The van der Waals surface area contributed by atoms with Gasteiger partial charge in [0.1, 0.15) is 6.04 Å². The van der Waals surface area contributed by atoms with Crippen LogP contribution in [0.15, 0.2) is 30.5 Å². The highest BCUT2D eigenvalue weighted by atomic mass is 16.5. The number of hydrogen-bond acceptors (Lipinski definition) is 4. The number of carbonyl (C=O) groups excluding carboxylic acids is 2. The first-order valence-corrected chi connectivity index (χ1v) is 5.45. The Morgan fingerprint density at radius 2 is 2.11 bits per heavy atom. The zero-order chi connectivity index (χ0) is 13.1. The SMILES string of the molecule is COC(=O)[C@@H](C)NC(=O)n1ncc2ccccc21. The second-order valence-electron chi connectivity index (χ2n) is 3.81. The number of aromatic nitrogens is 2. The lowest BCUT2D eigenvalue weighted by Crippen LogP contribution is -2.41. The van der Waals surface area contributed by atoms with Gasteiger partial charge in [-0.05, 0) is 13.0 Å². The molecule has 1 aromatic heterocycles. The van der Waals surface area contributed by atoms with Crippen LogP contribution in [-0.2, 0) is 9.53 Å². The molecular weight excluding hydrogens is 234 g/mol. The molecule has 2 aromatic rings. The van der Waals surface area contributed by atoms with Gasteiger partial charge in [-0.3, -0.25) is 0 Å². The minimum absolute atomic E-state index is 0.464. The average Bonchev–Trinajstić information content (AvgIpc) is 2.81. The summed E-state index contributed by atoms with van der Waals surface area (Å²) < 4.78 is 5.75. The molecule has 2 rings (SSSR count). The van der Waals surface area contributed by atoms with Crippen molar-refractivity contribution in [2.24, 2.45) is 0 Å². The number of methoxy groups -OCH3 is 1. The molecule has 1 N–H and O–H groups in total.